The van der Waals surface area contributed by atoms with E-state index in [1.54, 1.807) is 0 Å². The lowest BCUT2D eigenvalue weighted by atomic mass is 9.82. The maximum absolute atomic E-state index is 9.75. The Morgan fingerprint density at radius 2 is 2.11 bits per heavy atom. The SMILES string of the molecule is CCN(Cc1ccccc1)CC1(CO)CCCOC1. The molecule has 1 unspecified atom stereocenters. The van der Waals surface area contributed by atoms with Gasteiger partial charge < -0.3 is 9.84 Å². The van der Waals surface area contributed by atoms with E-state index in [9.17, 15) is 5.11 Å². The molecule has 1 N–H and O–H groups in total. The molecule has 0 bridgehead atoms. The number of ether oxygens (including phenoxy) is 1. The molecule has 0 aliphatic carbocycles. The molecule has 1 fully saturated rings. The van der Waals surface area contributed by atoms with Gasteiger partial charge >= 0.3 is 0 Å². The monoisotopic (exact) mass is 263 g/mol. The Kier molecular flexibility index (Phi) is 5.37. The molecular formula is C16H25NO2. The lowest BCUT2D eigenvalue weighted by Crippen LogP contribution is -2.45. The van der Waals surface area contributed by atoms with Crippen molar-refractivity contribution in [1.29, 1.82) is 0 Å². The van der Waals surface area contributed by atoms with Crippen molar-refractivity contribution in [3.05, 3.63) is 35.9 Å². The fraction of sp³-hybridized carbons (Fsp3) is 0.625. The highest BCUT2D eigenvalue weighted by Crippen LogP contribution is 2.29. The third-order valence-corrected chi connectivity index (χ3v) is 3.99. The average molecular weight is 263 g/mol. The minimum Gasteiger partial charge on any atom is -0.396 e. The molecule has 106 valence electrons. The molecule has 3 nitrogen and oxygen atoms in total. The van der Waals surface area contributed by atoms with Gasteiger partial charge in [-0.1, -0.05) is 37.3 Å². The van der Waals surface area contributed by atoms with Crippen molar-refractivity contribution in [3.63, 3.8) is 0 Å². The minimum absolute atomic E-state index is 0.0664. The van der Waals surface area contributed by atoms with Crippen LogP contribution in [0.5, 0.6) is 0 Å². The standard InChI is InChI=1S/C16H25NO2/c1-2-17(11-15-7-4-3-5-8-15)12-16(13-18)9-6-10-19-14-16/h3-5,7-8,18H,2,6,9-14H2,1H3. The van der Waals surface area contributed by atoms with Crippen molar-refractivity contribution in [2.75, 3.05) is 32.9 Å². The molecule has 1 saturated heterocycles. The van der Waals surface area contributed by atoms with Gasteiger partial charge in [0, 0.05) is 25.1 Å². The van der Waals surface area contributed by atoms with Crippen LogP contribution in [-0.2, 0) is 11.3 Å². The number of rotatable bonds is 6. The van der Waals surface area contributed by atoms with Crippen molar-refractivity contribution in [1.82, 2.24) is 4.90 Å². The number of aliphatic hydroxyl groups excluding tert-OH is 1. The quantitative estimate of drug-likeness (QED) is 0.855. The Morgan fingerprint density at radius 1 is 1.32 bits per heavy atom. The molecule has 2 rings (SSSR count). The Bertz CT molecular complexity index is 360. The summed E-state index contributed by atoms with van der Waals surface area (Å²) in [6.07, 6.45) is 2.12. The third-order valence-electron chi connectivity index (χ3n) is 3.99. The third kappa shape index (κ3) is 4.03. The topological polar surface area (TPSA) is 32.7 Å². The van der Waals surface area contributed by atoms with E-state index in [1.165, 1.54) is 5.56 Å². The van der Waals surface area contributed by atoms with E-state index in [4.69, 9.17) is 4.74 Å². The van der Waals surface area contributed by atoms with Crippen molar-refractivity contribution in [3.8, 4) is 0 Å². The lowest BCUT2D eigenvalue weighted by molar-refractivity contribution is -0.0558. The van der Waals surface area contributed by atoms with Gasteiger partial charge in [0.1, 0.15) is 0 Å². The molecule has 1 atom stereocenters. The zero-order valence-corrected chi connectivity index (χ0v) is 11.8. The predicted octanol–water partition coefficient (Wildman–Crippen LogP) is 2.30. The molecule has 1 aliphatic heterocycles. The van der Waals surface area contributed by atoms with E-state index < -0.39 is 0 Å². The summed E-state index contributed by atoms with van der Waals surface area (Å²) in [5.41, 5.74) is 1.26. The van der Waals surface area contributed by atoms with Gasteiger partial charge in [-0.05, 0) is 24.9 Å². The maximum Gasteiger partial charge on any atom is 0.0556 e. The smallest absolute Gasteiger partial charge is 0.0556 e. The predicted molar refractivity (Wildman–Crippen MR) is 77.0 cm³/mol. The van der Waals surface area contributed by atoms with Crippen LogP contribution in [0.15, 0.2) is 30.3 Å². The first kappa shape index (κ1) is 14.5. The summed E-state index contributed by atoms with van der Waals surface area (Å²) in [7, 11) is 0. The summed E-state index contributed by atoms with van der Waals surface area (Å²) in [6.45, 7) is 6.78. The highest BCUT2D eigenvalue weighted by Gasteiger charge is 2.33. The van der Waals surface area contributed by atoms with E-state index in [0.717, 1.165) is 39.1 Å². The molecule has 1 aliphatic rings. The summed E-state index contributed by atoms with van der Waals surface area (Å²) in [5, 5.41) is 9.75. The molecule has 0 saturated carbocycles. The van der Waals surface area contributed by atoms with E-state index >= 15 is 0 Å². The molecule has 19 heavy (non-hydrogen) atoms. The fourth-order valence-corrected chi connectivity index (χ4v) is 2.80. The van der Waals surface area contributed by atoms with Gasteiger partial charge in [-0.2, -0.15) is 0 Å². The molecular weight excluding hydrogens is 238 g/mol. The van der Waals surface area contributed by atoms with Gasteiger partial charge in [0.2, 0.25) is 0 Å². The van der Waals surface area contributed by atoms with Crippen LogP contribution in [-0.4, -0.2) is 42.9 Å². The largest absolute Gasteiger partial charge is 0.396 e. The zero-order valence-electron chi connectivity index (χ0n) is 11.8. The fourth-order valence-electron chi connectivity index (χ4n) is 2.80. The van der Waals surface area contributed by atoms with Crippen LogP contribution in [0.3, 0.4) is 0 Å². The number of hydrogen-bond donors (Lipinski definition) is 1. The normalized spacial score (nSPS) is 23.7. The van der Waals surface area contributed by atoms with Crippen LogP contribution in [0.4, 0.5) is 0 Å². The van der Waals surface area contributed by atoms with E-state index in [-0.39, 0.29) is 12.0 Å². The Hall–Kier alpha value is -0.900. The van der Waals surface area contributed by atoms with Crippen LogP contribution < -0.4 is 0 Å². The Labute approximate surface area is 116 Å². The molecule has 0 amide bonds. The maximum atomic E-state index is 9.75. The molecule has 1 heterocycles. The summed E-state index contributed by atoms with van der Waals surface area (Å²) in [4.78, 5) is 2.40. The molecule has 3 heteroatoms. The first-order valence-electron chi connectivity index (χ1n) is 7.23. The first-order chi connectivity index (χ1) is 9.28. The summed E-state index contributed by atoms with van der Waals surface area (Å²) in [6, 6.07) is 10.5. The molecule has 0 aromatic heterocycles. The van der Waals surface area contributed by atoms with Gasteiger partial charge in [0.15, 0.2) is 0 Å². The molecule has 1 aromatic rings. The first-order valence-corrected chi connectivity index (χ1v) is 7.23. The van der Waals surface area contributed by atoms with Gasteiger partial charge in [-0.25, -0.2) is 0 Å². The van der Waals surface area contributed by atoms with Crippen LogP contribution >= 0.6 is 0 Å². The van der Waals surface area contributed by atoms with Gasteiger partial charge in [-0.3, -0.25) is 4.90 Å². The van der Waals surface area contributed by atoms with Gasteiger partial charge in [-0.15, -0.1) is 0 Å². The van der Waals surface area contributed by atoms with Crippen LogP contribution in [0.2, 0.25) is 0 Å². The second-order valence-electron chi connectivity index (χ2n) is 5.60. The summed E-state index contributed by atoms with van der Waals surface area (Å²) < 4.78 is 5.59. The second-order valence-corrected chi connectivity index (χ2v) is 5.60. The molecule has 0 spiro atoms. The van der Waals surface area contributed by atoms with Crippen molar-refractivity contribution >= 4 is 0 Å². The Morgan fingerprint density at radius 3 is 2.68 bits per heavy atom. The molecule has 0 radical (unpaired) electrons. The minimum atomic E-state index is -0.0664. The highest BCUT2D eigenvalue weighted by atomic mass is 16.5. The van der Waals surface area contributed by atoms with Crippen LogP contribution in [0.1, 0.15) is 25.3 Å². The second kappa shape index (κ2) is 7.04. The number of hydrogen-bond acceptors (Lipinski definition) is 3. The highest BCUT2D eigenvalue weighted by molar-refractivity contribution is 5.14. The zero-order chi connectivity index (χ0) is 13.6. The lowest BCUT2D eigenvalue weighted by Gasteiger charge is -2.39. The average Bonchev–Trinajstić information content (AvgIpc) is 2.48. The number of aliphatic hydroxyl groups is 1. The van der Waals surface area contributed by atoms with Crippen LogP contribution in [0.25, 0.3) is 0 Å². The van der Waals surface area contributed by atoms with E-state index in [1.807, 2.05) is 6.07 Å². The van der Waals surface area contributed by atoms with Gasteiger partial charge in [0.25, 0.3) is 0 Å². The van der Waals surface area contributed by atoms with E-state index in [2.05, 4.69) is 36.1 Å². The van der Waals surface area contributed by atoms with Crippen molar-refractivity contribution in [2.45, 2.75) is 26.3 Å². The summed E-state index contributed by atoms with van der Waals surface area (Å²) >= 11 is 0. The number of benzene rings is 1. The van der Waals surface area contributed by atoms with Crippen LogP contribution in [0, 0.1) is 5.41 Å². The van der Waals surface area contributed by atoms with Crippen molar-refractivity contribution < 1.29 is 9.84 Å². The Balaban J connectivity index is 1.97. The van der Waals surface area contributed by atoms with E-state index in [0.29, 0.717) is 6.61 Å². The summed E-state index contributed by atoms with van der Waals surface area (Å²) in [5.74, 6) is 0. The van der Waals surface area contributed by atoms with Gasteiger partial charge in [0.05, 0.1) is 13.2 Å². The van der Waals surface area contributed by atoms with Crippen molar-refractivity contribution in [2.24, 2.45) is 5.41 Å². The number of nitrogens with zero attached hydrogens (tertiary/aromatic N) is 1. The molecule has 1 aromatic carbocycles.